The van der Waals surface area contributed by atoms with Crippen LogP contribution in [0.25, 0.3) is 0 Å². The van der Waals surface area contributed by atoms with Gasteiger partial charge in [-0.25, -0.2) is 0 Å². The second kappa shape index (κ2) is 11.7. The number of ether oxygens (including phenoxy) is 2. The zero-order chi connectivity index (χ0) is 23.0. The van der Waals surface area contributed by atoms with Crippen molar-refractivity contribution in [1.29, 1.82) is 0 Å². The van der Waals surface area contributed by atoms with Crippen molar-refractivity contribution in [2.45, 2.75) is 38.3 Å². The number of nitrogens with zero attached hydrogens (tertiary/aromatic N) is 2. The minimum atomic E-state index is 0.218. The number of pyridine rings is 1. The third kappa shape index (κ3) is 6.61. The molecular formula is C25H24Cl3N3O2. The Morgan fingerprint density at radius 3 is 2.48 bits per heavy atom. The molecule has 4 rings (SSSR count). The molecule has 0 saturated heterocycles. The van der Waals surface area contributed by atoms with Gasteiger partial charge in [-0.3, -0.25) is 9.98 Å². The van der Waals surface area contributed by atoms with Crippen LogP contribution in [0.15, 0.2) is 65.9 Å². The fraction of sp³-hybridized carbons (Fsp3) is 0.280. The summed E-state index contributed by atoms with van der Waals surface area (Å²) in [5.41, 5.74) is 2.24. The summed E-state index contributed by atoms with van der Waals surface area (Å²) in [4.78, 5) is 8.80. The lowest BCUT2D eigenvalue weighted by Gasteiger charge is -2.15. The molecule has 0 unspecified atom stereocenters. The molecule has 0 atom stereocenters. The number of rotatable bonds is 8. The van der Waals surface area contributed by atoms with Crippen molar-refractivity contribution in [3.8, 4) is 5.75 Å². The summed E-state index contributed by atoms with van der Waals surface area (Å²) < 4.78 is 11.7. The molecule has 172 valence electrons. The van der Waals surface area contributed by atoms with Gasteiger partial charge in [0.1, 0.15) is 11.6 Å². The monoisotopic (exact) mass is 503 g/mol. The molecule has 0 amide bonds. The molecule has 0 spiro atoms. The average molecular weight is 505 g/mol. The first kappa shape index (κ1) is 23.8. The zero-order valence-electron chi connectivity index (χ0n) is 17.9. The molecule has 1 aromatic heterocycles. The number of aromatic nitrogens is 1. The summed E-state index contributed by atoms with van der Waals surface area (Å²) in [6.07, 6.45) is 7.98. The largest absolute Gasteiger partial charge is 0.468 e. The Kier molecular flexibility index (Phi) is 8.46. The van der Waals surface area contributed by atoms with Gasteiger partial charge in [0.25, 0.3) is 0 Å². The van der Waals surface area contributed by atoms with Gasteiger partial charge in [-0.15, -0.1) is 0 Å². The number of nitrogens with one attached hydrogen (secondary N) is 1. The van der Waals surface area contributed by atoms with Gasteiger partial charge in [0.05, 0.1) is 28.4 Å². The molecule has 1 saturated carbocycles. The maximum Gasteiger partial charge on any atom is 0.189 e. The number of hydrogen-bond acceptors (Lipinski definition) is 4. The van der Waals surface area contributed by atoms with Gasteiger partial charge in [0, 0.05) is 23.0 Å². The fourth-order valence-corrected chi connectivity index (χ4v) is 4.28. The van der Waals surface area contributed by atoms with Crippen molar-refractivity contribution in [1.82, 2.24) is 4.98 Å². The first-order valence-corrected chi connectivity index (χ1v) is 11.9. The van der Waals surface area contributed by atoms with Crippen LogP contribution in [0.4, 0.5) is 5.69 Å². The Labute approximate surface area is 208 Å². The standard InChI is InChI=1S/C25H24Cl3N3O2/c26-21-11-4-1-6-18(21)13-30-25(31-24-22(27)14-29-15-23(24)28)17-7-5-10-20(12-17)33-16-32-19-8-2-3-9-19/h1,4-7,10-12,14-15,19H,2-3,8-9,13,16H2,(H,29,30,31). The van der Waals surface area contributed by atoms with E-state index in [0.717, 1.165) is 24.0 Å². The van der Waals surface area contributed by atoms with E-state index < -0.39 is 0 Å². The average Bonchev–Trinajstić information content (AvgIpc) is 3.33. The van der Waals surface area contributed by atoms with E-state index in [4.69, 9.17) is 49.3 Å². The topological polar surface area (TPSA) is 55.7 Å². The third-order valence-electron chi connectivity index (χ3n) is 5.40. The van der Waals surface area contributed by atoms with Crippen molar-refractivity contribution in [2.24, 2.45) is 4.99 Å². The molecule has 0 radical (unpaired) electrons. The number of anilines is 1. The quantitative estimate of drug-likeness (QED) is 0.197. The number of hydrogen-bond donors (Lipinski definition) is 1. The van der Waals surface area contributed by atoms with Crippen molar-refractivity contribution in [3.63, 3.8) is 0 Å². The molecule has 33 heavy (non-hydrogen) atoms. The highest BCUT2D eigenvalue weighted by molar-refractivity contribution is 6.39. The van der Waals surface area contributed by atoms with Gasteiger partial charge in [-0.05, 0) is 36.6 Å². The van der Waals surface area contributed by atoms with Crippen molar-refractivity contribution >= 4 is 46.3 Å². The van der Waals surface area contributed by atoms with E-state index in [0.29, 0.717) is 45.0 Å². The minimum Gasteiger partial charge on any atom is -0.468 e. The SMILES string of the molecule is Clc1ccccc1CN=C(Nc1c(Cl)cncc1Cl)c1cccc(OCOC2CCCC2)c1. The van der Waals surface area contributed by atoms with E-state index in [1.807, 2.05) is 48.5 Å². The predicted octanol–water partition coefficient (Wildman–Crippen LogP) is 7.40. The Hall–Kier alpha value is -2.31. The van der Waals surface area contributed by atoms with E-state index in [-0.39, 0.29) is 6.79 Å². The van der Waals surface area contributed by atoms with Crippen LogP contribution in [0, 0.1) is 0 Å². The molecular weight excluding hydrogens is 481 g/mol. The molecule has 1 aliphatic rings. The number of amidine groups is 1. The third-order valence-corrected chi connectivity index (χ3v) is 6.34. The van der Waals surface area contributed by atoms with Crippen LogP contribution >= 0.6 is 34.8 Å². The van der Waals surface area contributed by atoms with E-state index in [2.05, 4.69) is 10.3 Å². The molecule has 0 bridgehead atoms. The molecule has 3 aromatic rings. The summed E-state index contributed by atoms with van der Waals surface area (Å²) in [7, 11) is 0. The molecule has 5 nitrogen and oxygen atoms in total. The lowest BCUT2D eigenvalue weighted by atomic mass is 10.1. The summed E-state index contributed by atoms with van der Waals surface area (Å²) in [5, 5.41) is 4.71. The molecule has 8 heteroatoms. The highest BCUT2D eigenvalue weighted by Gasteiger charge is 2.16. The van der Waals surface area contributed by atoms with E-state index in [9.17, 15) is 0 Å². The number of benzene rings is 2. The highest BCUT2D eigenvalue weighted by atomic mass is 35.5. The normalized spacial score (nSPS) is 14.5. The van der Waals surface area contributed by atoms with E-state index >= 15 is 0 Å². The summed E-state index contributed by atoms with van der Waals surface area (Å²) in [5.74, 6) is 1.26. The zero-order valence-corrected chi connectivity index (χ0v) is 20.2. The van der Waals surface area contributed by atoms with Gasteiger partial charge in [-0.1, -0.05) is 78.0 Å². The van der Waals surface area contributed by atoms with Crippen LogP contribution in [0.2, 0.25) is 15.1 Å². The van der Waals surface area contributed by atoms with Gasteiger partial charge >= 0.3 is 0 Å². The van der Waals surface area contributed by atoms with Gasteiger partial charge in [-0.2, -0.15) is 0 Å². The molecule has 1 fully saturated rings. The van der Waals surface area contributed by atoms with Crippen LogP contribution in [-0.2, 0) is 11.3 Å². The van der Waals surface area contributed by atoms with Gasteiger partial charge in [0.15, 0.2) is 6.79 Å². The Morgan fingerprint density at radius 2 is 1.73 bits per heavy atom. The van der Waals surface area contributed by atoms with Gasteiger partial charge < -0.3 is 14.8 Å². The van der Waals surface area contributed by atoms with Crippen LogP contribution in [0.1, 0.15) is 36.8 Å². The van der Waals surface area contributed by atoms with Crippen LogP contribution in [-0.4, -0.2) is 23.7 Å². The summed E-state index contributed by atoms with van der Waals surface area (Å²) in [6.45, 7) is 0.591. The van der Waals surface area contributed by atoms with Gasteiger partial charge in [0.2, 0.25) is 0 Å². The highest BCUT2D eigenvalue weighted by Crippen LogP contribution is 2.30. The Balaban J connectivity index is 1.57. The fourth-order valence-electron chi connectivity index (χ4n) is 3.63. The lowest BCUT2D eigenvalue weighted by Crippen LogP contribution is -2.16. The maximum atomic E-state index is 6.34. The minimum absolute atomic E-state index is 0.218. The molecule has 2 aromatic carbocycles. The molecule has 0 aliphatic heterocycles. The second-order valence-corrected chi connectivity index (χ2v) is 8.94. The lowest BCUT2D eigenvalue weighted by molar-refractivity contribution is -0.0324. The maximum absolute atomic E-state index is 6.34. The molecule has 1 N–H and O–H groups in total. The second-order valence-electron chi connectivity index (χ2n) is 7.72. The Bertz CT molecular complexity index is 1100. The number of aliphatic imine (C=N–C) groups is 1. The van der Waals surface area contributed by atoms with Crippen LogP contribution < -0.4 is 10.1 Å². The van der Waals surface area contributed by atoms with E-state index in [1.54, 1.807) is 0 Å². The van der Waals surface area contributed by atoms with Crippen LogP contribution in [0.3, 0.4) is 0 Å². The van der Waals surface area contributed by atoms with Crippen molar-refractivity contribution < 1.29 is 9.47 Å². The first-order valence-electron chi connectivity index (χ1n) is 10.8. The van der Waals surface area contributed by atoms with E-state index in [1.165, 1.54) is 25.2 Å². The smallest absolute Gasteiger partial charge is 0.189 e. The van der Waals surface area contributed by atoms with Crippen LogP contribution in [0.5, 0.6) is 5.75 Å². The predicted molar refractivity (Wildman–Crippen MR) is 135 cm³/mol. The summed E-state index contributed by atoms with van der Waals surface area (Å²) in [6, 6.07) is 15.2. The summed E-state index contributed by atoms with van der Waals surface area (Å²) >= 11 is 19.0. The molecule has 1 heterocycles. The Morgan fingerprint density at radius 1 is 0.970 bits per heavy atom. The van der Waals surface area contributed by atoms with Crippen molar-refractivity contribution in [3.05, 3.63) is 87.1 Å². The van der Waals surface area contributed by atoms with Crippen molar-refractivity contribution in [2.75, 3.05) is 12.1 Å². The molecule has 1 aliphatic carbocycles. The first-order chi connectivity index (χ1) is 16.1. The number of halogens is 3.